The van der Waals surface area contributed by atoms with Crippen molar-refractivity contribution in [2.45, 2.75) is 61.2 Å². The molecule has 0 bridgehead atoms. The summed E-state index contributed by atoms with van der Waals surface area (Å²) >= 11 is 0. The van der Waals surface area contributed by atoms with E-state index in [0.29, 0.717) is 21.6 Å². The fourth-order valence-corrected chi connectivity index (χ4v) is 15.3. The number of nitrogens with zero attached hydrogens (tertiary/aromatic N) is 2. The summed E-state index contributed by atoms with van der Waals surface area (Å²) in [6, 6.07) is 45.4. The van der Waals surface area contributed by atoms with Crippen molar-refractivity contribution in [1.29, 1.82) is 0 Å². The molecule has 0 saturated heterocycles. The molecule has 1 atom stereocenters. The minimum atomic E-state index is -4.17. The molecule has 0 aromatic heterocycles. The highest BCUT2D eigenvalue weighted by Gasteiger charge is 2.46. The zero-order valence-electron chi connectivity index (χ0n) is 31.3. The molecule has 10 rings (SSSR count). The Hall–Kier alpha value is -5.42. The van der Waals surface area contributed by atoms with Crippen molar-refractivity contribution in [2.75, 3.05) is 9.80 Å². The summed E-state index contributed by atoms with van der Waals surface area (Å²) in [7, 11) is -7.83. The van der Waals surface area contributed by atoms with Crippen molar-refractivity contribution in [2.24, 2.45) is 0 Å². The van der Waals surface area contributed by atoms with Gasteiger partial charge in [0.05, 0.1) is 26.9 Å². The number of allylic oxidation sites excluding steroid dienone is 3. The second kappa shape index (κ2) is 11.8. The molecule has 0 spiro atoms. The molecule has 3 aliphatic heterocycles. The Morgan fingerprint density at radius 2 is 1.04 bits per heavy atom. The van der Waals surface area contributed by atoms with Crippen LogP contribution < -0.4 is 25.7 Å². The predicted octanol–water partition coefficient (Wildman–Crippen LogP) is 10.6. The van der Waals surface area contributed by atoms with Gasteiger partial charge in [-0.2, -0.15) is 0 Å². The van der Waals surface area contributed by atoms with Crippen LogP contribution in [0.3, 0.4) is 0 Å². The Morgan fingerprint density at radius 3 is 1.60 bits per heavy atom. The average molecular weight is 757 g/mol. The highest BCUT2D eigenvalue weighted by atomic mass is 32.2. The van der Waals surface area contributed by atoms with Crippen molar-refractivity contribution in [3.8, 4) is 0 Å². The van der Waals surface area contributed by atoms with E-state index in [1.165, 1.54) is 11.1 Å². The number of hydrogen-bond donors (Lipinski definition) is 0. The number of fused-ring (bicyclic) bond motifs is 5. The van der Waals surface area contributed by atoms with E-state index in [1.807, 2.05) is 60.7 Å². The van der Waals surface area contributed by atoms with Crippen LogP contribution >= 0.6 is 7.14 Å². The molecule has 4 aliphatic rings. The van der Waals surface area contributed by atoms with Crippen LogP contribution in [0, 0.1) is 0 Å². The van der Waals surface area contributed by atoms with Crippen LogP contribution in [0.5, 0.6) is 0 Å². The first kappa shape index (κ1) is 34.1. The summed E-state index contributed by atoms with van der Waals surface area (Å²) in [4.78, 5) is 4.52. The number of anilines is 5. The summed E-state index contributed by atoms with van der Waals surface area (Å²) in [6.07, 6.45) is 6.26. The van der Waals surface area contributed by atoms with Crippen LogP contribution in [-0.2, 0) is 25.2 Å². The lowest BCUT2D eigenvalue weighted by Gasteiger charge is -2.44. The number of para-hydroxylation sites is 3. The minimum absolute atomic E-state index is 0.0827. The number of benzene rings is 6. The molecule has 1 unspecified atom stereocenters. The monoisotopic (exact) mass is 756 g/mol. The van der Waals surface area contributed by atoms with E-state index >= 15 is 13.0 Å². The summed E-state index contributed by atoms with van der Waals surface area (Å²) in [5, 5.41) is 1.29. The fourth-order valence-electron chi connectivity index (χ4n) is 9.61. The van der Waals surface area contributed by atoms with Crippen molar-refractivity contribution >= 4 is 61.3 Å². The van der Waals surface area contributed by atoms with E-state index < -0.39 is 17.0 Å². The molecule has 55 heavy (non-hydrogen) atoms. The third-order valence-electron chi connectivity index (χ3n) is 12.4. The second-order valence-corrected chi connectivity index (χ2v) is 20.6. The van der Waals surface area contributed by atoms with Crippen LogP contribution in [0.25, 0.3) is 0 Å². The maximum Gasteiger partial charge on any atom is 0.208 e. The van der Waals surface area contributed by atoms with Gasteiger partial charge in [0.25, 0.3) is 0 Å². The number of rotatable bonds is 3. The van der Waals surface area contributed by atoms with E-state index in [-0.39, 0.29) is 20.6 Å². The van der Waals surface area contributed by atoms with Gasteiger partial charge in [-0.25, -0.2) is 8.42 Å². The summed E-state index contributed by atoms with van der Waals surface area (Å²) in [5.74, 6) is 0. The molecule has 3 heterocycles. The molecule has 1 aliphatic carbocycles. The van der Waals surface area contributed by atoms with Gasteiger partial charge in [-0.3, -0.25) is 0 Å². The maximum absolute atomic E-state index is 16.0. The Kier molecular flexibility index (Phi) is 7.31. The van der Waals surface area contributed by atoms with E-state index in [4.69, 9.17) is 0 Å². The lowest BCUT2D eigenvalue weighted by molar-refractivity contribution is 0.570. The number of sulfone groups is 1. The molecule has 0 amide bonds. The van der Waals surface area contributed by atoms with Gasteiger partial charge in [-0.1, -0.05) is 119 Å². The smallest absolute Gasteiger partial charge is 0.208 e. The van der Waals surface area contributed by atoms with E-state index in [1.54, 1.807) is 24.3 Å². The molecule has 0 N–H and O–H groups in total. The fraction of sp³-hybridized carbons (Fsp3) is 0.167. The Balaban J connectivity index is 1.22. The van der Waals surface area contributed by atoms with Crippen molar-refractivity contribution < 1.29 is 13.0 Å². The second-order valence-electron chi connectivity index (χ2n) is 16.0. The highest BCUT2D eigenvalue weighted by Crippen LogP contribution is 2.56. The molecule has 7 heteroatoms. The van der Waals surface area contributed by atoms with Crippen LogP contribution in [0.2, 0.25) is 0 Å². The molecule has 0 saturated carbocycles. The van der Waals surface area contributed by atoms with Crippen LogP contribution in [0.1, 0.15) is 57.2 Å². The van der Waals surface area contributed by atoms with Gasteiger partial charge in [0, 0.05) is 43.8 Å². The van der Waals surface area contributed by atoms with Crippen molar-refractivity contribution in [1.82, 2.24) is 0 Å². The summed E-state index contributed by atoms with van der Waals surface area (Å²) < 4.78 is 46.7. The van der Waals surface area contributed by atoms with Gasteiger partial charge in [-0.05, 0) is 95.8 Å². The normalized spacial score (nSPS) is 20.7. The van der Waals surface area contributed by atoms with Gasteiger partial charge in [0.2, 0.25) is 9.84 Å². The third-order valence-corrected chi connectivity index (χ3v) is 17.7. The maximum atomic E-state index is 16.0. The standard InChI is InChI=1S/C48H41N2O3PS/c1-47(2)35-18-8-12-22-39(35)49(40-23-13-9-19-36(40)47)32-26-28-43-45(30-32)55(52,53)46-31-33(27-29-44(46)54(43,51)34-16-6-5-7-17-34)50-41-24-14-10-20-37(41)48(3,4)38-21-11-15-25-42(38)50/h5-10,12-20,22-31H,11,21H2,1-4H3. The average Bonchev–Trinajstić information content (AvgIpc) is 3.21. The molecule has 0 radical (unpaired) electrons. The van der Waals surface area contributed by atoms with E-state index in [9.17, 15) is 0 Å². The topological polar surface area (TPSA) is 57.7 Å². The lowest BCUT2D eigenvalue weighted by Crippen LogP contribution is -2.38. The third kappa shape index (κ3) is 4.65. The molecular weight excluding hydrogens is 716 g/mol. The first-order valence-corrected chi connectivity index (χ1v) is 22.1. The Labute approximate surface area is 323 Å². The zero-order valence-corrected chi connectivity index (χ0v) is 33.0. The molecule has 6 aromatic carbocycles. The van der Waals surface area contributed by atoms with Crippen LogP contribution in [-0.4, -0.2) is 8.42 Å². The highest BCUT2D eigenvalue weighted by molar-refractivity contribution is 7.96. The first-order valence-electron chi connectivity index (χ1n) is 18.9. The molecule has 5 nitrogen and oxygen atoms in total. The molecule has 0 fully saturated rings. The largest absolute Gasteiger partial charge is 0.310 e. The zero-order chi connectivity index (χ0) is 37.9. The van der Waals surface area contributed by atoms with Crippen LogP contribution in [0.4, 0.5) is 28.4 Å². The molecule has 6 aromatic rings. The molecule has 272 valence electrons. The predicted molar refractivity (Wildman–Crippen MR) is 225 cm³/mol. The minimum Gasteiger partial charge on any atom is -0.310 e. The quantitative estimate of drug-likeness (QED) is 0.168. The number of hydrogen-bond acceptors (Lipinski definition) is 5. The summed E-state index contributed by atoms with van der Waals surface area (Å²) in [5.41, 5.74) is 9.85. The van der Waals surface area contributed by atoms with Crippen molar-refractivity contribution in [3.63, 3.8) is 0 Å². The first-order chi connectivity index (χ1) is 26.4. The molecular formula is C48H41N2O3PS. The van der Waals surface area contributed by atoms with E-state index in [2.05, 4.69) is 104 Å². The van der Waals surface area contributed by atoms with Gasteiger partial charge in [0.15, 0.2) is 7.14 Å². The van der Waals surface area contributed by atoms with Gasteiger partial charge >= 0.3 is 0 Å². The van der Waals surface area contributed by atoms with Crippen LogP contribution in [0.15, 0.2) is 173 Å². The SMILES string of the molecule is CC1(C)C2=C(C=CCC2)N(c2ccc3c(c2)S(=O)(=O)c2cc(N4c5ccccc5C(C)(C)c5ccccc54)ccc2P3(=O)c2ccccc2)c2ccccc21. The van der Waals surface area contributed by atoms with Gasteiger partial charge in [0.1, 0.15) is 0 Å². The van der Waals surface area contributed by atoms with Crippen molar-refractivity contribution in [3.05, 3.63) is 180 Å². The van der Waals surface area contributed by atoms with E-state index in [0.717, 1.165) is 52.4 Å². The lowest BCUT2D eigenvalue weighted by atomic mass is 9.70. The Bertz CT molecular complexity index is 2790. The van der Waals surface area contributed by atoms with Gasteiger partial charge in [-0.15, -0.1) is 0 Å². The van der Waals surface area contributed by atoms with Gasteiger partial charge < -0.3 is 14.4 Å². The Morgan fingerprint density at radius 1 is 0.564 bits per heavy atom. The summed E-state index contributed by atoms with van der Waals surface area (Å²) in [6.45, 7) is 9.01.